The minimum absolute atomic E-state index is 0.0475. The molecule has 0 radical (unpaired) electrons. The summed E-state index contributed by atoms with van der Waals surface area (Å²) in [6, 6.07) is 18.5. The molecule has 1 aliphatic rings. The van der Waals surface area contributed by atoms with E-state index in [1.165, 1.54) is 30.1 Å². The van der Waals surface area contributed by atoms with Crippen LogP contribution in [0.3, 0.4) is 0 Å². The van der Waals surface area contributed by atoms with Crippen molar-refractivity contribution in [3.05, 3.63) is 89.5 Å². The molecule has 0 saturated carbocycles. The highest BCUT2D eigenvalue weighted by Gasteiger charge is 2.35. The van der Waals surface area contributed by atoms with Crippen molar-refractivity contribution in [3.63, 3.8) is 0 Å². The number of anilines is 1. The summed E-state index contributed by atoms with van der Waals surface area (Å²) in [4.78, 5) is 29.8. The molecule has 218 valence electrons. The topological polar surface area (TPSA) is 82.1 Å². The fourth-order valence-corrected chi connectivity index (χ4v) is 4.95. The number of aliphatic hydroxyl groups excluding tert-OH is 1. The molecule has 0 bridgehead atoms. The fourth-order valence-electron chi connectivity index (χ4n) is 4.95. The number of ether oxygens (including phenoxy) is 1. The molecule has 1 aliphatic heterocycles. The first-order valence-corrected chi connectivity index (χ1v) is 13.4. The number of hydrogen-bond donors (Lipinski definition) is 2. The molecular formula is C31H34F3N3O4. The van der Waals surface area contributed by atoms with Crippen LogP contribution in [0.1, 0.15) is 35.3 Å². The molecule has 10 heteroatoms. The van der Waals surface area contributed by atoms with Crippen molar-refractivity contribution in [2.24, 2.45) is 5.92 Å². The highest BCUT2D eigenvalue weighted by Crippen LogP contribution is 2.35. The van der Waals surface area contributed by atoms with Crippen LogP contribution in [0.5, 0.6) is 0 Å². The zero-order valence-electron chi connectivity index (χ0n) is 23.2. The maximum Gasteiger partial charge on any atom is 0.418 e. The summed E-state index contributed by atoms with van der Waals surface area (Å²) in [5, 5.41) is 12.3. The van der Waals surface area contributed by atoms with E-state index < -0.39 is 29.9 Å². The summed E-state index contributed by atoms with van der Waals surface area (Å²) < 4.78 is 46.8. The molecule has 0 saturated heterocycles. The van der Waals surface area contributed by atoms with Crippen LogP contribution in [0.15, 0.2) is 72.8 Å². The zero-order chi connectivity index (χ0) is 29.7. The number of nitrogens with zero attached hydrogens (tertiary/aromatic N) is 2. The Balaban J connectivity index is 1.64. The van der Waals surface area contributed by atoms with Gasteiger partial charge in [0, 0.05) is 31.6 Å². The average molecular weight is 570 g/mol. The van der Waals surface area contributed by atoms with E-state index in [1.807, 2.05) is 43.3 Å². The van der Waals surface area contributed by atoms with Crippen molar-refractivity contribution in [1.82, 2.24) is 9.80 Å². The molecule has 3 amide bonds. The standard InChI is InChI=1S/C31H34F3N3O4/c1-20-16-37(21(2)18-38)29(39)25-13-7-6-12-24(25)23-11-5-4-10-22(23)19-41-28(20)17-36(3)30(40)35-27-15-9-8-14-26(27)31(32,33)34/h4-15,20-21,28,38H,16-19H2,1-3H3,(H,35,40)/t20-,21+,28+/m0/s1. The van der Waals surface area contributed by atoms with Crippen LogP contribution in [0.4, 0.5) is 23.7 Å². The van der Waals surface area contributed by atoms with E-state index in [2.05, 4.69) is 5.32 Å². The van der Waals surface area contributed by atoms with Gasteiger partial charge in [0.15, 0.2) is 0 Å². The Morgan fingerprint density at radius 1 is 1.05 bits per heavy atom. The number of urea groups is 1. The molecule has 0 unspecified atom stereocenters. The monoisotopic (exact) mass is 569 g/mol. The predicted molar refractivity (Wildman–Crippen MR) is 150 cm³/mol. The third-order valence-corrected chi connectivity index (χ3v) is 7.37. The lowest BCUT2D eigenvalue weighted by atomic mass is 9.94. The van der Waals surface area contributed by atoms with Gasteiger partial charge in [0.1, 0.15) is 0 Å². The highest BCUT2D eigenvalue weighted by molar-refractivity contribution is 6.01. The lowest BCUT2D eigenvalue weighted by Gasteiger charge is -2.35. The van der Waals surface area contributed by atoms with E-state index in [0.29, 0.717) is 5.56 Å². The number of carbonyl (C=O) groups excluding carboxylic acids is 2. The maximum atomic E-state index is 13.9. The first-order chi connectivity index (χ1) is 19.5. The molecular weight excluding hydrogens is 535 g/mol. The second kappa shape index (κ2) is 12.7. The number of nitrogens with one attached hydrogen (secondary N) is 1. The van der Waals surface area contributed by atoms with Gasteiger partial charge in [-0.1, -0.05) is 61.5 Å². The molecule has 0 aromatic heterocycles. The third-order valence-electron chi connectivity index (χ3n) is 7.37. The number of rotatable bonds is 5. The van der Waals surface area contributed by atoms with E-state index in [1.54, 1.807) is 24.0 Å². The van der Waals surface area contributed by atoms with E-state index in [4.69, 9.17) is 4.74 Å². The van der Waals surface area contributed by atoms with Crippen LogP contribution in [0.25, 0.3) is 11.1 Å². The van der Waals surface area contributed by atoms with Gasteiger partial charge in [-0.2, -0.15) is 13.2 Å². The number of para-hydroxylation sites is 1. The molecule has 3 aromatic carbocycles. The molecule has 0 aliphatic carbocycles. The summed E-state index contributed by atoms with van der Waals surface area (Å²) in [5.41, 5.74) is 1.65. The van der Waals surface area contributed by atoms with Crippen LogP contribution in [0, 0.1) is 5.92 Å². The molecule has 41 heavy (non-hydrogen) atoms. The number of aliphatic hydroxyl groups is 1. The lowest BCUT2D eigenvalue weighted by Crippen LogP contribution is -2.48. The quantitative estimate of drug-likeness (QED) is 0.401. The zero-order valence-corrected chi connectivity index (χ0v) is 23.2. The van der Waals surface area contributed by atoms with E-state index in [9.17, 15) is 27.9 Å². The van der Waals surface area contributed by atoms with Crippen molar-refractivity contribution in [2.45, 2.75) is 38.8 Å². The molecule has 3 aromatic rings. The number of benzene rings is 3. The molecule has 0 fully saturated rings. The van der Waals surface area contributed by atoms with Crippen LogP contribution < -0.4 is 5.32 Å². The number of carbonyl (C=O) groups is 2. The molecule has 2 N–H and O–H groups in total. The average Bonchev–Trinajstić information content (AvgIpc) is 2.97. The Kier molecular flexibility index (Phi) is 9.35. The second-order valence-electron chi connectivity index (χ2n) is 10.4. The number of hydrogen-bond acceptors (Lipinski definition) is 4. The number of halogens is 3. The normalized spacial score (nSPS) is 18.5. The Hall–Kier alpha value is -3.89. The van der Waals surface area contributed by atoms with Gasteiger partial charge < -0.3 is 25.0 Å². The number of alkyl halides is 3. The molecule has 0 spiro atoms. The minimum Gasteiger partial charge on any atom is -0.394 e. The Morgan fingerprint density at radius 3 is 2.34 bits per heavy atom. The number of likely N-dealkylation sites (N-methyl/N-ethyl adjacent to an activating group) is 1. The second-order valence-corrected chi connectivity index (χ2v) is 10.4. The molecule has 7 nitrogen and oxygen atoms in total. The van der Waals surface area contributed by atoms with Crippen LogP contribution in [0.2, 0.25) is 0 Å². The van der Waals surface area contributed by atoms with E-state index in [-0.39, 0.29) is 43.8 Å². The van der Waals surface area contributed by atoms with Crippen molar-refractivity contribution < 1.29 is 32.6 Å². The van der Waals surface area contributed by atoms with Crippen LogP contribution in [-0.2, 0) is 17.5 Å². The van der Waals surface area contributed by atoms with Gasteiger partial charge in [-0.3, -0.25) is 4.79 Å². The van der Waals surface area contributed by atoms with Crippen molar-refractivity contribution in [3.8, 4) is 11.1 Å². The van der Waals surface area contributed by atoms with Crippen LogP contribution >= 0.6 is 0 Å². The summed E-state index contributed by atoms with van der Waals surface area (Å²) in [7, 11) is 1.48. The number of amides is 3. The highest BCUT2D eigenvalue weighted by atomic mass is 19.4. The molecule has 3 atom stereocenters. The van der Waals surface area contributed by atoms with Gasteiger partial charge in [-0.25, -0.2) is 4.79 Å². The van der Waals surface area contributed by atoms with E-state index in [0.717, 1.165) is 22.8 Å². The molecule has 4 rings (SSSR count). The predicted octanol–water partition coefficient (Wildman–Crippen LogP) is 5.89. The Bertz CT molecular complexity index is 1380. The van der Waals surface area contributed by atoms with Gasteiger partial charge in [0.25, 0.3) is 5.91 Å². The van der Waals surface area contributed by atoms with Crippen molar-refractivity contribution in [2.75, 3.05) is 32.1 Å². The van der Waals surface area contributed by atoms with E-state index >= 15 is 0 Å². The largest absolute Gasteiger partial charge is 0.418 e. The van der Waals surface area contributed by atoms with Gasteiger partial charge in [-0.05, 0) is 41.8 Å². The SMILES string of the molecule is C[C@H](CO)N1C[C@H](C)[C@@H](CN(C)C(=O)Nc2ccccc2C(F)(F)F)OCc2ccccc2-c2ccccc2C1=O. The summed E-state index contributed by atoms with van der Waals surface area (Å²) in [6.45, 7) is 3.86. The lowest BCUT2D eigenvalue weighted by molar-refractivity contribution is -0.136. The van der Waals surface area contributed by atoms with Gasteiger partial charge in [0.05, 0.1) is 36.6 Å². The van der Waals surface area contributed by atoms with Gasteiger partial charge in [-0.15, -0.1) is 0 Å². The van der Waals surface area contributed by atoms with Crippen LogP contribution in [-0.4, -0.2) is 65.7 Å². The Morgan fingerprint density at radius 2 is 1.66 bits per heavy atom. The third kappa shape index (κ3) is 6.89. The molecule has 1 heterocycles. The first-order valence-electron chi connectivity index (χ1n) is 13.4. The fraction of sp³-hybridized carbons (Fsp3) is 0.355. The maximum absolute atomic E-state index is 13.9. The summed E-state index contributed by atoms with van der Waals surface area (Å²) in [5.74, 6) is -0.539. The number of fused-ring (bicyclic) bond motifs is 3. The summed E-state index contributed by atoms with van der Waals surface area (Å²) >= 11 is 0. The van der Waals surface area contributed by atoms with Crippen molar-refractivity contribution >= 4 is 17.6 Å². The Labute approximate surface area is 237 Å². The summed E-state index contributed by atoms with van der Waals surface area (Å²) in [6.07, 6.45) is -5.21. The van der Waals surface area contributed by atoms with Gasteiger partial charge >= 0.3 is 12.2 Å². The minimum atomic E-state index is -4.63. The smallest absolute Gasteiger partial charge is 0.394 e. The first kappa shape index (κ1) is 30.1. The van der Waals surface area contributed by atoms with Gasteiger partial charge in [0.2, 0.25) is 0 Å². The van der Waals surface area contributed by atoms with Crippen molar-refractivity contribution in [1.29, 1.82) is 0 Å².